The van der Waals surface area contributed by atoms with Crippen LogP contribution in [0.4, 0.5) is 0 Å². The quantitative estimate of drug-likeness (QED) is 0.798. The molecule has 1 aromatic carbocycles. The molecule has 0 amide bonds. The lowest BCUT2D eigenvalue weighted by molar-refractivity contribution is -0.924. The number of aliphatic hydroxyl groups excluding tert-OH is 1. The average molecular weight is 393 g/mol. The number of likely N-dealkylation sites (N-methyl/N-ethyl adjacent to an activating group) is 1. The summed E-state index contributed by atoms with van der Waals surface area (Å²) in [5, 5.41) is 11.2. The minimum atomic E-state index is -0.369. The fourth-order valence-electron chi connectivity index (χ4n) is 5.20. The van der Waals surface area contributed by atoms with Crippen LogP contribution in [0.5, 0.6) is 17.2 Å². The third kappa shape index (κ3) is 3.46. The zero-order valence-electron chi connectivity index (χ0n) is 17.8. The van der Waals surface area contributed by atoms with E-state index >= 15 is 0 Å². The fraction of sp³-hybridized carbons (Fsp3) is 0.727. The maximum absolute atomic E-state index is 11.2. The van der Waals surface area contributed by atoms with Crippen molar-refractivity contribution in [3.8, 4) is 17.2 Å². The van der Waals surface area contributed by atoms with Crippen molar-refractivity contribution in [2.45, 2.75) is 57.3 Å². The molecule has 4 rings (SSSR count). The SMILES string of the molecule is COc1c2c(cc3c1[C@@H](C[C@H](O)[C@@H]1CCOC(C)(C)C1)[N+](C)(C)CC3)OCO2. The predicted octanol–water partition coefficient (Wildman–Crippen LogP) is 3.05. The van der Waals surface area contributed by atoms with E-state index in [1.54, 1.807) is 7.11 Å². The van der Waals surface area contributed by atoms with Crippen LogP contribution in [-0.2, 0) is 11.2 Å². The van der Waals surface area contributed by atoms with Gasteiger partial charge < -0.3 is 28.5 Å². The van der Waals surface area contributed by atoms with Crippen molar-refractivity contribution in [2.24, 2.45) is 5.92 Å². The van der Waals surface area contributed by atoms with Crippen molar-refractivity contribution in [3.63, 3.8) is 0 Å². The van der Waals surface area contributed by atoms with E-state index in [9.17, 15) is 5.11 Å². The van der Waals surface area contributed by atoms with Crippen molar-refractivity contribution >= 4 is 0 Å². The smallest absolute Gasteiger partial charge is 0.231 e. The van der Waals surface area contributed by atoms with E-state index in [0.717, 1.165) is 48.4 Å². The summed E-state index contributed by atoms with van der Waals surface area (Å²) in [5.74, 6) is 2.51. The minimum Gasteiger partial charge on any atom is -0.492 e. The van der Waals surface area contributed by atoms with Crippen LogP contribution >= 0.6 is 0 Å². The van der Waals surface area contributed by atoms with Crippen LogP contribution in [0.25, 0.3) is 0 Å². The molecule has 1 fully saturated rings. The first kappa shape index (κ1) is 19.8. The number of benzene rings is 1. The third-order valence-corrected chi connectivity index (χ3v) is 6.83. The molecule has 0 unspecified atom stereocenters. The minimum absolute atomic E-state index is 0.147. The monoisotopic (exact) mass is 392 g/mol. The molecule has 6 nitrogen and oxygen atoms in total. The Kier molecular flexibility index (Phi) is 5.01. The number of hydrogen-bond acceptors (Lipinski definition) is 5. The summed E-state index contributed by atoms with van der Waals surface area (Å²) in [4.78, 5) is 0. The van der Waals surface area contributed by atoms with Gasteiger partial charge in [-0.3, -0.25) is 0 Å². The van der Waals surface area contributed by atoms with E-state index in [-0.39, 0.29) is 30.5 Å². The average Bonchev–Trinajstić information content (AvgIpc) is 3.09. The Morgan fingerprint density at radius 2 is 2.11 bits per heavy atom. The highest BCUT2D eigenvalue weighted by Gasteiger charge is 2.44. The van der Waals surface area contributed by atoms with Gasteiger partial charge >= 0.3 is 0 Å². The van der Waals surface area contributed by atoms with Crippen LogP contribution in [0.1, 0.15) is 50.3 Å². The molecule has 3 aliphatic heterocycles. The molecule has 0 radical (unpaired) electrons. The van der Waals surface area contributed by atoms with Crippen molar-refractivity contribution < 1.29 is 28.5 Å². The molecule has 0 spiro atoms. The topological polar surface area (TPSA) is 57.2 Å². The Morgan fingerprint density at radius 3 is 2.82 bits per heavy atom. The van der Waals surface area contributed by atoms with Gasteiger partial charge in [-0.1, -0.05) is 0 Å². The van der Waals surface area contributed by atoms with Crippen LogP contribution in [0.3, 0.4) is 0 Å². The van der Waals surface area contributed by atoms with E-state index in [0.29, 0.717) is 12.2 Å². The van der Waals surface area contributed by atoms with Crippen LogP contribution in [-0.4, -0.2) is 62.4 Å². The first-order valence-electron chi connectivity index (χ1n) is 10.4. The van der Waals surface area contributed by atoms with E-state index < -0.39 is 0 Å². The Bertz CT molecular complexity index is 745. The van der Waals surface area contributed by atoms with Gasteiger partial charge in [0.15, 0.2) is 11.5 Å². The van der Waals surface area contributed by atoms with Crippen molar-refractivity contribution in [1.29, 1.82) is 0 Å². The molecule has 3 aliphatic rings. The molecule has 0 saturated carbocycles. The standard InChI is InChI=1S/C22H34NO5/c1-22(2)12-15(7-9-28-22)17(24)11-16-19-14(6-8-23(16,3)4)10-18-20(21(19)25-5)27-13-26-18/h10,15-17,24H,6-9,11-13H2,1-5H3/q+1/t15-,16-,17+/m1/s1. The van der Waals surface area contributed by atoms with Gasteiger partial charge in [-0.05, 0) is 44.2 Å². The van der Waals surface area contributed by atoms with E-state index in [1.807, 2.05) is 0 Å². The molecule has 3 atom stereocenters. The van der Waals surface area contributed by atoms with E-state index in [2.05, 4.69) is 34.0 Å². The second-order valence-electron chi connectivity index (χ2n) is 9.65. The summed E-state index contributed by atoms with van der Waals surface area (Å²) < 4.78 is 23.8. The van der Waals surface area contributed by atoms with Crippen LogP contribution < -0.4 is 14.2 Å². The van der Waals surface area contributed by atoms with Gasteiger partial charge in [-0.15, -0.1) is 0 Å². The lowest BCUT2D eigenvalue weighted by atomic mass is 9.79. The highest BCUT2D eigenvalue weighted by Crippen LogP contribution is 2.52. The molecule has 6 heteroatoms. The second kappa shape index (κ2) is 7.08. The molecule has 0 aliphatic carbocycles. The van der Waals surface area contributed by atoms with Crippen molar-refractivity contribution in [2.75, 3.05) is 41.1 Å². The number of rotatable bonds is 4. The Balaban J connectivity index is 1.67. The molecular weight excluding hydrogens is 358 g/mol. The summed E-state index contributed by atoms with van der Waals surface area (Å²) in [6, 6.07) is 2.25. The van der Waals surface area contributed by atoms with Crippen molar-refractivity contribution in [3.05, 3.63) is 17.2 Å². The Hall–Kier alpha value is -1.50. The first-order chi connectivity index (χ1) is 13.2. The maximum Gasteiger partial charge on any atom is 0.231 e. The Morgan fingerprint density at radius 1 is 1.32 bits per heavy atom. The fourth-order valence-corrected chi connectivity index (χ4v) is 5.20. The molecule has 28 heavy (non-hydrogen) atoms. The lowest BCUT2D eigenvalue weighted by Crippen LogP contribution is -2.50. The van der Waals surface area contributed by atoms with Gasteiger partial charge in [0.1, 0.15) is 6.04 Å². The summed E-state index contributed by atoms with van der Waals surface area (Å²) in [6.45, 7) is 6.21. The largest absolute Gasteiger partial charge is 0.492 e. The molecule has 1 aromatic rings. The lowest BCUT2D eigenvalue weighted by Gasteiger charge is -2.45. The highest BCUT2D eigenvalue weighted by molar-refractivity contribution is 5.61. The molecule has 0 aromatic heterocycles. The molecule has 1 N–H and O–H groups in total. The summed E-state index contributed by atoms with van der Waals surface area (Å²) in [5.41, 5.74) is 2.26. The zero-order valence-corrected chi connectivity index (χ0v) is 17.8. The first-order valence-corrected chi connectivity index (χ1v) is 10.4. The highest BCUT2D eigenvalue weighted by atomic mass is 16.7. The number of hydrogen-bond donors (Lipinski definition) is 1. The van der Waals surface area contributed by atoms with Gasteiger partial charge in [0.05, 0.1) is 45.0 Å². The molecule has 1 saturated heterocycles. The number of ether oxygens (including phenoxy) is 4. The van der Waals surface area contributed by atoms with Gasteiger partial charge in [-0.2, -0.15) is 0 Å². The summed E-state index contributed by atoms with van der Waals surface area (Å²) >= 11 is 0. The normalized spacial score (nSPS) is 28.5. The third-order valence-electron chi connectivity index (χ3n) is 6.83. The number of nitrogens with zero attached hydrogens (tertiary/aromatic N) is 1. The number of methoxy groups -OCH3 is 1. The van der Waals surface area contributed by atoms with Crippen LogP contribution in [0.2, 0.25) is 0 Å². The Labute approximate surface area is 167 Å². The second-order valence-corrected chi connectivity index (χ2v) is 9.65. The van der Waals surface area contributed by atoms with Gasteiger partial charge in [0.2, 0.25) is 12.5 Å². The van der Waals surface area contributed by atoms with Crippen molar-refractivity contribution in [1.82, 2.24) is 0 Å². The van der Waals surface area contributed by atoms with Gasteiger partial charge in [-0.25, -0.2) is 0 Å². The van der Waals surface area contributed by atoms with Gasteiger partial charge in [0, 0.05) is 19.4 Å². The molecule has 3 heterocycles. The van der Waals surface area contributed by atoms with Crippen LogP contribution in [0, 0.1) is 5.92 Å². The summed E-state index contributed by atoms with van der Waals surface area (Å²) in [6.07, 6.45) is 3.10. The van der Waals surface area contributed by atoms with Gasteiger partial charge in [0.25, 0.3) is 0 Å². The number of fused-ring (bicyclic) bond motifs is 2. The molecular formula is C22H34NO5+. The zero-order chi connectivity index (χ0) is 20.1. The molecule has 0 bridgehead atoms. The van der Waals surface area contributed by atoms with E-state index in [1.165, 1.54) is 11.1 Å². The molecule has 156 valence electrons. The number of quaternary nitrogens is 1. The van der Waals surface area contributed by atoms with Crippen LogP contribution in [0.15, 0.2) is 6.07 Å². The summed E-state index contributed by atoms with van der Waals surface area (Å²) in [7, 11) is 6.19. The predicted molar refractivity (Wildman–Crippen MR) is 106 cm³/mol. The number of aliphatic hydroxyl groups is 1. The van der Waals surface area contributed by atoms with E-state index in [4.69, 9.17) is 18.9 Å². The maximum atomic E-state index is 11.2.